The molecule has 3 N–H and O–H groups in total. The van der Waals surface area contributed by atoms with Gasteiger partial charge in [0.1, 0.15) is 17.4 Å². The lowest BCUT2D eigenvalue weighted by Gasteiger charge is -2.01. The first kappa shape index (κ1) is 7.94. The van der Waals surface area contributed by atoms with E-state index in [1.807, 2.05) is 0 Å². The lowest BCUT2D eigenvalue weighted by Crippen LogP contribution is -2.00. The van der Waals surface area contributed by atoms with Crippen LogP contribution in [0, 0.1) is 11.6 Å². The molecule has 0 saturated heterocycles. The Balaban J connectivity index is 3.25. The van der Waals surface area contributed by atoms with Gasteiger partial charge in [0, 0.05) is 24.2 Å². The summed E-state index contributed by atoms with van der Waals surface area (Å²) in [5, 5.41) is 8.91. The van der Waals surface area contributed by atoms with Gasteiger partial charge in [-0.1, -0.05) is 0 Å². The van der Waals surface area contributed by atoms with Gasteiger partial charge in [-0.2, -0.15) is 0 Å². The minimum Gasteiger partial charge on any atom is -0.507 e. The van der Waals surface area contributed by atoms with E-state index in [2.05, 4.69) is 0 Å². The third kappa shape index (κ3) is 1.46. The summed E-state index contributed by atoms with van der Waals surface area (Å²) >= 11 is 0. The average molecular weight is 159 g/mol. The van der Waals surface area contributed by atoms with Crippen molar-refractivity contribution in [1.29, 1.82) is 0 Å². The molecule has 0 saturated carbocycles. The predicted molar refractivity (Wildman–Crippen MR) is 35.9 cm³/mol. The highest BCUT2D eigenvalue weighted by Crippen LogP contribution is 2.20. The van der Waals surface area contributed by atoms with Crippen molar-refractivity contribution in [2.75, 3.05) is 0 Å². The minimum absolute atomic E-state index is 0.0635. The van der Waals surface area contributed by atoms with Crippen LogP contribution in [0.15, 0.2) is 12.1 Å². The molecule has 0 aliphatic carbocycles. The van der Waals surface area contributed by atoms with Gasteiger partial charge in [0.2, 0.25) is 0 Å². The summed E-state index contributed by atoms with van der Waals surface area (Å²) < 4.78 is 24.9. The summed E-state index contributed by atoms with van der Waals surface area (Å²) in [7, 11) is 0. The third-order valence-electron chi connectivity index (χ3n) is 1.34. The smallest absolute Gasteiger partial charge is 0.134 e. The van der Waals surface area contributed by atoms with E-state index in [4.69, 9.17) is 10.8 Å². The number of nitrogens with two attached hydrogens (primary N) is 1. The summed E-state index contributed by atoms with van der Waals surface area (Å²) in [6.07, 6.45) is 0. The van der Waals surface area contributed by atoms with Crippen LogP contribution < -0.4 is 5.73 Å². The molecule has 1 aromatic rings. The number of hydrogen-bond donors (Lipinski definition) is 2. The summed E-state index contributed by atoms with van der Waals surface area (Å²) in [4.78, 5) is 0. The van der Waals surface area contributed by atoms with Crippen LogP contribution >= 0.6 is 0 Å². The quantitative estimate of drug-likeness (QED) is 0.645. The molecular weight excluding hydrogens is 152 g/mol. The van der Waals surface area contributed by atoms with Crippen LogP contribution in [0.5, 0.6) is 5.75 Å². The zero-order valence-electron chi connectivity index (χ0n) is 5.64. The maximum Gasteiger partial charge on any atom is 0.134 e. The van der Waals surface area contributed by atoms with Crippen molar-refractivity contribution in [1.82, 2.24) is 0 Å². The molecule has 2 nitrogen and oxygen atoms in total. The van der Waals surface area contributed by atoms with Gasteiger partial charge in [-0.3, -0.25) is 0 Å². The second-order valence-corrected chi connectivity index (χ2v) is 2.09. The van der Waals surface area contributed by atoms with Gasteiger partial charge in [-0.25, -0.2) is 8.78 Å². The summed E-state index contributed by atoms with van der Waals surface area (Å²) in [5.74, 6) is -2.06. The molecule has 0 aromatic heterocycles. The zero-order valence-corrected chi connectivity index (χ0v) is 5.64. The Hall–Kier alpha value is -1.16. The molecule has 4 heteroatoms. The van der Waals surface area contributed by atoms with Crippen LogP contribution in [0.2, 0.25) is 0 Å². The average Bonchev–Trinajstić information content (AvgIpc) is 1.85. The Bertz CT molecular complexity index is 252. The van der Waals surface area contributed by atoms with Crippen molar-refractivity contribution >= 4 is 0 Å². The molecule has 0 amide bonds. The van der Waals surface area contributed by atoms with E-state index in [0.717, 1.165) is 6.07 Å². The number of hydrogen-bond acceptors (Lipinski definition) is 2. The number of phenols is 1. The van der Waals surface area contributed by atoms with Gasteiger partial charge in [-0.05, 0) is 0 Å². The second-order valence-electron chi connectivity index (χ2n) is 2.09. The van der Waals surface area contributed by atoms with E-state index >= 15 is 0 Å². The van der Waals surface area contributed by atoms with Crippen LogP contribution in [-0.2, 0) is 6.54 Å². The maximum atomic E-state index is 12.6. The van der Waals surface area contributed by atoms with Crippen molar-refractivity contribution in [3.8, 4) is 5.75 Å². The van der Waals surface area contributed by atoms with E-state index in [9.17, 15) is 8.78 Å². The Morgan fingerprint density at radius 3 is 2.45 bits per heavy atom. The monoisotopic (exact) mass is 159 g/mol. The van der Waals surface area contributed by atoms with E-state index in [1.54, 1.807) is 0 Å². The molecule has 0 unspecified atom stereocenters. The Morgan fingerprint density at radius 1 is 1.36 bits per heavy atom. The van der Waals surface area contributed by atoms with Gasteiger partial charge >= 0.3 is 0 Å². The number of benzene rings is 1. The van der Waals surface area contributed by atoms with Crippen molar-refractivity contribution in [3.63, 3.8) is 0 Å². The molecule has 11 heavy (non-hydrogen) atoms. The summed E-state index contributed by atoms with van der Waals surface area (Å²) in [6, 6.07) is 1.51. The van der Waals surface area contributed by atoms with Crippen molar-refractivity contribution in [2.45, 2.75) is 6.54 Å². The Kier molecular flexibility index (Phi) is 2.05. The third-order valence-corrected chi connectivity index (χ3v) is 1.34. The number of phenolic OH excluding ortho intramolecular Hbond substituents is 1. The van der Waals surface area contributed by atoms with Gasteiger partial charge in [0.05, 0.1) is 0 Å². The topological polar surface area (TPSA) is 46.2 Å². The number of aromatic hydroxyl groups is 1. The first-order chi connectivity index (χ1) is 5.15. The summed E-state index contributed by atoms with van der Waals surface area (Å²) in [5.41, 5.74) is 5.02. The van der Waals surface area contributed by atoms with Crippen LogP contribution in [-0.4, -0.2) is 5.11 Å². The molecule has 0 bridgehead atoms. The molecule has 0 heterocycles. The highest BCUT2D eigenvalue weighted by molar-refractivity contribution is 5.33. The maximum absolute atomic E-state index is 12.6. The molecule has 1 rings (SSSR count). The SMILES string of the molecule is NCc1c(O)cc(F)cc1F. The second kappa shape index (κ2) is 2.84. The normalized spacial score (nSPS) is 10.1. The molecule has 0 atom stereocenters. The van der Waals surface area contributed by atoms with Crippen molar-refractivity contribution in [3.05, 3.63) is 29.3 Å². The van der Waals surface area contributed by atoms with Crippen molar-refractivity contribution < 1.29 is 13.9 Å². The number of halogens is 2. The standard InChI is InChI=1S/C7H7F2NO/c8-4-1-6(9)5(3-10)7(11)2-4/h1-2,11H,3,10H2. The van der Waals surface area contributed by atoms with E-state index < -0.39 is 17.4 Å². The van der Waals surface area contributed by atoms with Crippen LogP contribution in [0.4, 0.5) is 8.78 Å². The number of rotatable bonds is 1. The fourth-order valence-corrected chi connectivity index (χ4v) is 0.792. The highest BCUT2D eigenvalue weighted by atomic mass is 19.1. The minimum atomic E-state index is -0.815. The van der Waals surface area contributed by atoms with E-state index in [1.165, 1.54) is 0 Å². The predicted octanol–water partition coefficient (Wildman–Crippen LogP) is 1.13. The van der Waals surface area contributed by atoms with Gasteiger partial charge in [-0.15, -0.1) is 0 Å². The molecule has 0 spiro atoms. The van der Waals surface area contributed by atoms with Gasteiger partial charge in [0.15, 0.2) is 0 Å². The molecule has 0 radical (unpaired) electrons. The van der Waals surface area contributed by atoms with Gasteiger partial charge in [0.25, 0.3) is 0 Å². The first-order valence-electron chi connectivity index (χ1n) is 3.02. The summed E-state index contributed by atoms with van der Waals surface area (Å²) in [6.45, 7) is -0.141. The largest absolute Gasteiger partial charge is 0.507 e. The van der Waals surface area contributed by atoms with Gasteiger partial charge < -0.3 is 10.8 Å². The highest BCUT2D eigenvalue weighted by Gasteiger charge is 2.07. The molecule has 0 aliphatic rings. The molecular formula is C7H7F2NO. The molecule has 1 aromatic carbocycles. The fourth-order valence-electron chi connectivity index (χ4n) is 0.792. The Morgan fingerprint density at radius 2 is 2.00 bits per heavy atom. The zero-order chi connectivity index (χ0) is 8.43. The molecule has 0 fully saturated rings. The lowest BCUT2D eigenvalue weighted by atomic mass is 10.2. The van der Waals surface area contributed by atoms with E-state index in [-0.39, 0.29) is 12.1 Å². The van der Waals surface area contributed by atoms with Crippen LogP contribution in [0.1, 0.15) is 5.56 Å². The van der Waals surface area contributed by atoms with E-state index in [0.29, 0.717) is 6.07 Å². The van der Waals surface area contributed by atoms with Crippen LogP contribution in [0.25, 0.3) is 0 Å². The molecule has 60 valence electrons. The fraction of sp³-hybridized carbons (Fsp3) is 0.143. The Labute approximate surface area is 62.3 Å². The molecule has 0 aliphatic heterocycles. The van der Waals surface area contributed by atoms with Crippen LogP contribution in [0.3, 0.4) is 0 Å². The van der Waals surface area contributed by atoms with Crippen molar-refractivity contribution in [2.24, 2.45) is 5.73 Å². The first-order valence-corrected chi connectivity index (χ1v) is 3.02. The lowest BCUT2D eigenvalue weighted by molar-refractivity contribution is 0.450.